The third kappa shape index (κ3) is 4.80. The average Bonchev–Trinajstić information content (AvgIpc) is 3.66. The van der Waals surface area contributed by atoms with Crippen molar-refractivity contribution in [2.75, 3.05) is 4.90 Å². The molecule has 3 heterocycles. The van der Waals surface area contributed by atoms with Crippen molar-refractivity contribution in [2.45, 2.75) is 31.7 Å². The van der Waals surface area contributed by atoms with Gasteiger partial charge in [-0.15, -0.1) is 0 Å². The number of benzene rings is 5. The van der Waals surface area contributed by atoms with Crippen molar-refractivity contribution < 1.29 is 0 Å². The molecule has 3 atom stereocenters. The lowest BCUT2D eigenvalue weighted by atomic mass is 9.80. The summed E-state index contributed by atoms with van der Waals surface area (Å²) in [5.41, 5.74) is 9.96. The summed E-state index contributed by atoms with van der Waals surface area (Å²) in [6.07, 6.45) is 17.1. The third-order valence-electron chi connectivity index (χ3n) is 10.9. The van der Waals surface area contributed by atoms with Crippen molar-refractivity contribution >= 4 is 38.9 Å². The molecule has 250 valence electrons. The second-order valence-electron chi connectivity index (χ2n) is 14.4. The van der Waals surface area contributed by atoms with E-state index in [2.05, 4.69) is 151 Å². The van der Waals surface area contributed by atoms with E-state index in [1.807, 2.05) is 36.4 Å². The lowest BCUT2D eigenvalue weighted by molar-refractivity contribution is 0.542. The standard InChI is InChI=1S/C47H37N5/c1-31-14-13-19-35(28-31)51-42-29-34(46-49-44(32-15-5-3-6-16-32)48-45(50-46)33-17-7-4-8-18-33)23-25-37(42)38-26-24-36(30-43(38)51)52-41-22-10-9-20-39(41)40-21-11-12-27-47(40,52)2/h3-13,15-31,40H,14H2,1-2H3/t31-,40?,47?/m1/s1. The Kier molecular flexibility index (Phi) is 6.97. The molecular weight excluding hydrogens is 635 g/mol. The molecule has 3 aliphatic rings. The maximum Gasteiger partial charge on any atom is 0.164 e. The first-order valence-electron chi connectivity index (χ1n) is 18.1. The molecule has 0 radical (unpaired) electrons. The Balaban J connectivity index is 1.19. The summed E-state index contributed by atoms with van der Waals surface area (Å²) in [7, 11) is 0. The van der Waals surface area contributed by atoms with Gasteiger partial charge in [-0.1, -0.05) is 140 Å². The lowest BCUT2D eigenvalue weighted by Crippen LogP contribution is -2.41. The molecule has 0 saturated carbocycles. The van der Waals surface area contributed by atoms with E-state index in [1.165, 1.54) is 38.9 Å². The Hall–Kier alpha value is -6.33. The number of aromatic nitrogens is 4. The number of rotatable bonds is 5. The molecule has 5 aromatic carbocycles. The molecule has 10 rings (SSSR count). The summed E-state index contributed by atoms with van der Waals surface area (Å²) in [6.45, 7) is 4.65. The summed E-state index contributed by atoms with van der Waals surface area (Å²) in [5, 5.41) is 2.42. The predicted molar refractivity (Wildman–Crippen MR) is 214 cm³/mol. The van der Waals surface area contributed by atoms with Crippen LogP contribution in [0.15, 0.2) is 164 Å². The van der Waals surface area contributed by atoms with Gasteiger partial charge in [-0.05, 0) is 55.2 Å². The fourth-order valence-corrected chi connectivity index (χ4v) is 8.46. The Morgan fingerprint density at radius 3 is 2.00 bits per heavy atom. The fourth-order valence-electron chi connectivity index (χ4n) is 8.46. The SMILES string of the molecule is C[C@H]1C=C(n2c3cc(-c4nc(-c5ccccc5)nc(-c5ccccc5)n4)ccc3c3ccc(N4c5ccccc5C5C=CC=CC54C)cc32)C=CC1. The highest BCUT2D eigenvalue weighted by atomic mass is 15.2. The van der Waals surface area contributed by atoms with E-state index in [9.17, 15) is 0 Å². The maximum absolute atomic E-state index is 5.07. The zero-order valence-electron chi connectivity index (χ0n) is 29.2. The number of hydrogen-bond acceptors (Lipinski definition) is 4. The minimum atomic E-state index is -0.208. The minimum absolute atomic E-state index is 0.208. The van der Waals surface area contributed by atoms with E-state index in [1.54, 1.807) is 0 Å². The van der Waals surface area contributed by atoms with Gasteiger partial charge in [0.15, 0.2) is 17.5 Å². The molecule has 0 spiro atoms. The summed E-state index contributed by atoms with van der Waals surface area (Å²) >= 11 is 0. The molecule has 0 amide bonds. The van der Waals surface area contributed by atoms with Crippen LogP contribution >= 0.6 is 0 Å². The van der Waals surface area contributed by atoms with Gasteiger partial charge in [0.25, 0.3) is 0 Å². The zero-order chi connectivity index (χ0) is 34.8. The molecule has 0 saturated heterocycles. The van der Waals surface area contributed by atoms with Crippen LogP contribution in [0.2, 0.25) is 0 Å². The van der Waals surface area contributed by atoms with Crippen molar-refractivity contribution in [1.82, 2.24) is 19.5 Å². The van der Waals surface area contributed by atoms with Gasteiger partial charge in [-0.3, -0.25) is 0 Å². The van der Waals surface area contributed by atoms with E-state index in [0.29, 0.717) is 23.4 Å². The Bertz CT molecular complexity index is 2590. The zero-order valence-corrected chi connectivity index (χ0v) is 29.2. The van der Waals surface area contributed by atoms with E-state index < -0.39 is 0 Å². The van der Waals surface area contributed by atoms with Crippen molar-refractivity contribution in [3.05, 3.63) is 169 Å². The van der Waals surface area contributed by atoms with Gasteiger partial charge in [0, 0.05) is 50.5 Å². The maximum atomic E-state index is 5.07. The highest BCUT2D eigenvalue weighted by Gasteiger charge is 2.46. The first-order chi connectivity index (χ1) is 25.5. The topological polar surface area (TPSA) is 46.8 Å². The number of anilines is 2. The van der Waals surface area contributed by atoms with Crippen LogP contribution < -0.4 is 4.90 Å². The fraction of sp³-hybridized carbons (Fsp3) is 0.128. The van der Waals surface area contributed by atoms with Crippen molar-refractivity contribution in [2.24, 2.45) is 5.92 Å². The average molecular weight is 672 g/mol. The monoisotopic (exact) mass is 671 g/mol. The smallest absolute Gasteiger partial charge is 0.164 e. The van der Waals surface area contributed by atoms with Crippen LogP contribution in [0.5, 0.6) is 0 Å². The van der Waals surface area contributed by atoms with Crippen LogP contribution in [0.25, 0.3) is 61.7 Å². The minimum Gasteiger partial charge on any atom is -0.331 e. The van der Waals surface area contributed by atoms with Gasteiger partial charge in [0.05, 0.1) is 16.6 Å². The third-order valence-corrected chi connectivity index (χ3v) is 10.9. The number of para-hydroxylation sites is 1. The van der Waals surface area contributed by atoms with Gasteiger partial charge in [-0.25, -0.2) is 15.0 Å². The summed E-state index contributed by atoms with van der Waals surface area (Å²) in [4.78, 5) is 17.6. The molecule has 5 nitrogen and oxygen atoms in total. The van der Waals surface area contributed by atoms with Gasteiger partial charge >= 0.3 is 0 Å². The van der Waals surface area contributed by atoms with Gasteiger partial charge < -0.3 is 9.47 Å². The molecule has 2 aliphatic carbocycles. The molecular formula is C47H37N5. The van der Waals surface area contributed by atoms with Crippen LogP contribution in [-0.4, -0.2) is 25.1 Å². The molecule has 7 aromatic rings. The normalized spacial score (nSPS) is 20.3. The Morgan fingerprint density at radius 2 is 1.29 bits per heavy atom. The summed E-state index contributed by atoms with van der Waals surface area (Å²) in [6, 6.07) is 42.9. The quantitative estimate of drug-likeness (QED) is 0.183. The second kappa shape index (κ2) is 11.9. The van der Waals surface area contributed by atoms with Crippen LogP contribution in [-0.2, 0) is 0 Å². The van der Waals surface area contributed by atoms with Crippen molar-refractivity contribution in [3.63, 3.8) is 0 Å². The van der Waals surface area contributed by atoms with Crippen LogP contribution in [0.1, 0.15) is 31.7 Å². The molecule has 1 aliphatic heterocycles. The van der Waals surface area contributed by atoms with E-state index in [4.69, 9.17) is 15.0 Å². The number of nitrogens with zero attached hydrogens (tertiary/aromatic N) is 5. The Labute approximate surface area is 303 Å². The molecule has 5 heteroatoms. The summed E-state index contributed by atoms with van der Waals surface area (Å²) in [5.74, 6) is 2.69. The predicted octanol–water partition coefficient (Wildman–Crippen LogP) is 11.5. The van der Waals surface area contributed by atoms with Gasteiger partial charge in [0.2, 0.25) is 0 Å². The van der Waals surface area contributed by atoms with Crippen LogP contribution in [0, 0.1) is 5.92 Å². The van der Waals surface area contributed by atoms with Gasteiger partial charge in [0.1, 0.15) is 0 Å². The second-order valence-corrected chi connectivity index (χ2v) is 14.4. The molecule has 52 heavy (non-hydrogen) atoms. The number of fused-ring (bicyclic) bond motifs is 6. The first-order valence-corrected chi connectivity index (χ1v) is 18.1. The highest BCUT2D eigenvalue weighted by Crippen LogP contribution is 2.54. The Morgan fingerprint density at radius 1 is 0.654 bits per heavy atom. The van der Waals surface area contributed by atoms with E-state index in [0.717, 1.165) is 28.6 Å². The molecule has 2 unspecified atom stereocenters. The van der Waals surface area contributed by atoms with Crippen LogP contribution in [0.3, 0.4) is 0 Å². The summed E-state index contributed by atoms with van der Waals surface area (Å²) < 4.78 is 2.44. The van der Waals surface area contributed by atoms with Crippen molar-refractivity contribution in [3.8, 4) is 34.2 Å². The number of hydrogen-bond donors (Lipinski definition) is 0. The van der Waals surface area contributed by atoms with E-state index >= 15 is 0 Å². The highest BCUT2D eigenvalue weighted by molar-refractivity contribution is 6.12. The molecule has 0 bridgehead atoms. The first kappa shape index (κ1) is 30.5. The van der Waals surface area contributed by atoms with E-state index in [-0.39, 0.29) is 11.5 Å². The molecule has 0 N–H and O–H groups in total. The number of allylic oxidation sites excluding steroid dienone is 6. The molecule has 2 aromatic heterocycles. The van der Waals surface area contributed by atoms with Gasteiger partial charge in [-0.2, -0.15) is 0 Å². The van der Waals surface area contributed by atoms with Crippen LogP contribution in [0.4, 0.5) is 11.4 Å². The van der Waals surface area contributed by atoms with Crippen molar-refractivity contribution in [1.29, 1.82) is 0 Å². The molecule has 0 fully saturated rings. The lowest BCUT2D eigenvalue weighted by Gasteiger charge is -2.39. The largest absolute Gasteiger partial charge is 0.331 e.